The minimum atomic E-state index is 0.293. The molecule has 19 heavy (non-hydrogen) atoms. The molecule has 2 N–H and O–H groups in total. The standard InChI is InChI=1S/C16H26N2O/c1-3-13-7-8-16(19-2)14(11-13)15(12-17)18-9-5-4-6-10-18/h7-8,11,15H,3-6,9-10,12,17H2,1-2H3. The lowest BCUT2D eigenvalue weighted by Gasteiger charge is -2.35. The summed E-state index contributed by atoms with van der Waals surface area (Å²) in [6, 6.07) is 6.79. The average molecular weight is 262 g/mol. The molecule has 0 saturated carbocycles. The van der Waals surface area contributed by atoms with Crippen LogP contribution in [0.2, 0.25) is 0 Å². The van der Waals surface area contributed by atoms with Gasteiger partial charge in [-0.05, 0) is 44.0 Å². The highest BCUT2D eigenvalue weighted by Gasteiger charge is 2.23. The van der Waals surface area contributed by atoms with Gasteiger partial charge in [0.05, 0.1) is 13.2 Å². The number of nitrogens with two attached hydrogens (primary N) is 1. The molecule has 1 atom stereocenters. The van der Waals surface area contributed by atoms with Crippen molar-refractivity contribution in [1.29, 1.82) is 0 Å². The van der Waals surface area contributed by atoms with Crippen LogP contribution in [0.25, 0.3) is 0 Å². The van der Waals surface area contributed by atoms with Crippen molar-refractivity contribution < 1.29 is 4.74 Å². The Morgan fingerprint density at radius 2 is 2.00 bits per heavy atom. The van der Waals surface area contributed by atoms with Crippen LogP contribution in [0.5, 0.6) is 5.75 Å². The van der Waals surface area contributed by atoms with Crippen molar-refractivity contribution in [3.8, 4) is 5.75 Å². The Morgan fingerprint density at radius 1 is 1.26 bits per heavy atom. The number of likely N-dealkylation sites (tertiary alicyclic amines) is 1. The van der Waals surface area contributed by atoms with Gasteiger partial charge in [-0.1, -0.05) is 25.5 Å². The number of nitrogens with zero attached hydrogens (tertiary/aromatic N) is 1. The van der Waals surface area contributed by atoms with Gasteiger partial charge in [0.1, 0.15) is 5.75 Å². The Morgan fingerprint density at radius 3 is 2.58 bits per heavy atom. The molecule has 1 unspecified atom stereocenters. The molecule has 0 aliphatic carbocycles. The summed E-state index contributed by atoms with van der Waals surface area (Å²) in [4.78, 5) is 2.51. The van der Waals surface area contributed by atoms with Crippen molar-refractivity contribution in [2.24, 2.45) is 5.73 Å². The smallest absolute Gasteiger partial charge is 0.123 e. The Labute approximate surface area is 116 Å². The van der Waals surface area contributed by atoms with E-state index in [-0.39, 0.29) is 0 Å². The molecule has 0 amide bonds. The molecule has 0 bridgehead atoms. The lowest BCUT2D eigenvalue weighted by atomic mass is 9.98. The van der Waals surface area contributed by atoms with Crippen molar-refractivity contribution in [3.63, 3.8) is 0 Å². The van der Waals surface area contributed by atoms with Gasteiger partial charge in [0, 0.05) is 12.1 Å². The number of piperidine rings is 1. The summed E-state index contributed by atoms with van der Waals surface area (Å²) < 4.78 is 5.54. The maximum Gasteiger partial charge on any atom is 0.123 e. The van der Waals surface area contributed by atoms with E-state index in [9.17, 15) is 0 Å². The molecule has 1 aliphatic heterocycles. The van der Waals surface area contributed by atoms with E-state index in [4.69, 9.17) is 10.5 Å². The van der Waals surface area contributed by atoms with E-state index < -0.39 is 0 Å². The highest BCUT2D eigenvalue weighted by atomic mass is 16.5. The molecule has 3 heteroatoms. The van der Waals surface area contributed by atoms with Gasteiger partial charge < -0.3 is 10.5 Å². The van der Waals surface area contributed by atoms with Crippen LogP contribution in [0.15, 0.2) is 18.2 Å². The molecule has 1 saturated heterocycles. The van der Waals surface area contributed by atoms with E-state index in [0.717, 1.165) is 25.3 Å². The molecule has 0 spiro atoms. The van der Waals surface area contributed by atoms with Gasteiger partial charge >= 0.3 is 0 Å². The molecular formula is C16H26N2O. The van der Waals surface area contributed by atoms with E-state index in [1.54, 1.807) is 7.11 Å². The first-order chi connectivity index (χ1) is 9.30. The number of rotatable bonds is 5. The third-order valence-corrected chi connectivity index (χ3v) is 4.12. The van der Waals surface area contributed by atoms with Crippen molar-refractivity contribution in [3.05, 3.63) is 29.3 Å². The van der Waals surface area contributed by atoms with Crippen LogP contribution < -0.4 is 10.5 Å². The second kappa shape index (κ2) is 6.92. The zero-order valence-corrected chi connectivity index (χ0v) is 12.2. The number of methoxy groups -OCH3 is 1. The molecule has 1 aromatic rings. The minimum Gasteiger partial charge on any atom is -0.496 e. The van der Waals surface area contributed by atoms with Crippen LogP contribution in [-0.4, -0.2) is 31.6 Å². The highest BCUT2D eigenvalue weighted by Crippen LogP contribution is 2.31. The first-order valence-corrected chi connectivity index (χ1v) is 7.41. The third kappa shape index (κ3) is 3.28. The zero-order chi connectivity index (χ0) is 13.7. The fraction of sp³-hybridized carbons (Fsp3) is 0.625. The number of hydrogen-bond donors (Lipinski definition) is 1. The Balaban J connectivity index is 2.29. The van der Waals surface area contributed by atoms with Gasteiger partial charge in [-0.3, -0.25) is 4.90 Å². The summed E-state index contributed by atoms with van der Waals surface area (Å²) in [6.45, 7) is 5.15. The minimum absolute atomic E-state index is 0.293. The van der Waals surface area contributed by atoms with E-state index in [0.29, 0.717) is 12.6 Å². The molecule has 1 aromatic carbocycles. The molecule has 1 fully saturated rings. The molecule has 0 radical (unpaired) electrons. The average Bonchev–Trinajstić information content (AvgIpc) is 2.49. The molecular weight excluding hydrogens is 236 g/mol. The fourth-order valence-corrected chi connectivity index (χ4v) is 2.97. The van der Waals surface area contributed by atoms with Crippen LogP contribution in [0.3, 0.4) is 0 Å². The Bertz CT molecular complexity index is 400. The summed E-state index contributed by atoms with van der Waals surface area (Å²) in [5, 5.41) is 0. The van der Waals surface area contributed by atoms with Gasteiger partial charge in [-0.25, -0.2) is 0 Å². The van der Waals surface area contributed by atoms with Gasteiger partial charge in [-0.2, -0.15) is 0 Å². The molecule has 2 rings (SSSR count). The van der Waals surface area contributed by atoms with Crippen molar-refractivity contribution in [1.82, 2.24) is 4.90 Å². The van der Waals surface area contributed by atoms with Crippen LogP contribution in [0, 0.1) is 0 Å². The van der Waals surface area contributed by atoms with Crippen molar-refractivity contribution in [2.45, 2.75) is 38.6 Å². The monoisotopic (exact) mass is 262 g/mol. The summed E-state index contributed by atoms with van der Waals surface area (Å²) in [7, 11) is 1.74. The molecule has 0 aromatic heterocycles. The summed E-state index contributed by atoms with van der Waals surface area (Å²) in [6.07, 6.45) is 4.97. The number of aryl methyl sites for hydroxylation is 1. The maximum absolute atomic E-state index is 6.05. The van der Waals surface area contributed by atoms with Crippen molar-refractivity contribution >= 4 is 0 Å². The van der Waals surface area contributed by atoms with Gasteiger partial charge in [0.2, 0.25) is 0 Å². The summed E-state index contributed by atoms with van der Waals surface area (Å²) >= 11 is 0. The van der Waals surface area contributed by atoms with Crippen molar-refractivity contribution in [2.75, 3.05) is 26.7 Å². The summed E-state index contributed by atoms with van der Waals surface area (Å²) in [5.74, 6) is 0.971. The highest BCUT2D eigenvalue weighted by molar-refractivity contribution is 5.40. The number of benzene rings is 1. The second-order valence-corrected chi connectivity index (χ2v) is 5.28. The van der Waals surface area contributed by atoms with Gasteiger partial charge in [0.25, 0.3) is 0 Å². The van der Waals surface area contributed by atoms with E-state index in [1.807, 2.05) is 0 Å². The molecule has 106 valence electrons. The van der Waals surface area contributed by atoms with Crippen LogP contribution in [-0.2, 0) is 6.42 Å². The van der Waals surface area contributed by atoms with Gasteiger partial charge in [-0.15, -0.1) is 0 Å². The lowest BCUT2D eigenvalue weighted by Crippen LogP contribution is -2.37. The number of hydrogen-bond acceptors (Lipinski definition) is 3. The van der Waals surface area contributed by atoms with Crippen LogP contribution in [0.1, 0.15) is 43.4 Å². The summed E-state index contributed by atoms with van der Waals surface area (Å²) in [5.41, 5.74) is 8.66. The number of ether oxygens (including phenoxy) is 1. The normalized spacial score (nSPS) is 18.3. The first kappa shape index (κ1) is 14.4. The Kier molecular flexibility index (Phi) is 5.23. The predicted octanol–water partition coefficient (Wildman–Crippen LogP) is 2.74. The van der Waals surface area contributed by atoms with Crippen LogP contribution >= 0.6 is 0 Å². The Hall–Kier alpha value is -1.06. The largest absolute Gasteiger partial charge is 0.496 e. The van der Waals surface area contributed by atoms with Crippen LogP contribution in [0.4, 0.5) is 0 Å². The first-order valence-electron chi connectivity index (χ1n) is 7.41. The maximum atomic E-state index is 6.05. The molecule has 3 nitrogen and oxygen atoms in total. The molecule has 1 aliphatic rings. The molecule has 1 heterocycles. The van der Waals surface area contributed by atoms with E-state index >= 15 is 0 Å². The van der Waals surface area contributed by atoms with E-state index in [1.165, 1.54) is 30.4 Å². The predicted molar refractivity (Wildman–Crippen MR) is 79.6 cm³/mol. The second-order valence-electron chi connectivity index (χ2n) is 5.28. The zero-order valence-electron chi connectivity index (χ0n) is 12.2. The topological polar surface area (TPSA) is 38.5 Å². The van der Waals surface area contributed by atoms with Gasteiger partial charge in [0.15, 0.2) is 0 Å². The fourth-order valence-electron chi connectivity index (χ4n) is 2.97. The quantitative estimate of drug-likeness (QED) is 0.886. The lowest BCUT2D eigenvalue weighted by molar-refractivity contribution is 0.165. The van der Waals surface area contributed by atoms with E-state index in [2.05, 4.69) is 30.0 Å². The third-order valence-electron chi connectivity index (χ3n) is 4.12. The SMILES string of the molecule is CCc1ccc(OC)c(C(CN)N2CCCCC2)c1.